The maximum Gasteiger partial charge on any atom is 0.338 e. The van der Waals surface area contributed by atoms with Crippen LogP contribution in [-0.4, -0.2) is 31.7 Å². The van der Waals surface area contributed by atoms with Gasteiger partial charge in [-0.3, -0.25) is 4.79 Å². The number of carbonyl (C=O) groups excluding carboxylic acids is 2. The Balaban J connectivity index is 1.90. The molecule has 1 unspecified atom stereocenters. The second-order valence-electron chi connectivity index (χ2n) is 5.39. The molecule has 0 radical (unpaired) electrons. The number of hydrogen-bond donors (Lipinski definition) is 1. The Morgan fingerprint density at radius 1 is 1.08 bits per heavy atom. The molecule has 1 amide bonds. The van der Waals surface area contributed by atoms with Gasteiger partial charge < -0.3 is 19.5 Å². The lowest BCUT2D eigenvalue weighted by Crippen LogP contribution is -2.29. The quantitative estimate of drug-likeness (QED) is 0.580. The lowest BCUT2D eigenvalue weighted by Gasteiger charge is -2.14. The van der Waals surface area contributed by atoms with Gasteiger partial charge in [-0.2, -0.15) is 0 Å². The number of methoxy groups -OCH3 is 1. The van der Waals surface area contributed by atoms with Gasteiger partial charge in [0.25, 0.3) is 5.91 Å². The number of benzene rings is 2. The first-order chi connectivity index (χ1) is 12.5. The SMILES string of the molecule is C=CCOc1ccc(C(=O)OC(C)C(=O)Nc2ccc(OC)cc2)cc1. The zero-order valence-electron chi connectivity index (χ0n) is 14.7. The number of nitrogens with one attached hydrogen (secondary N) is 1. The van der Waals surface area contributed by atoms with E-state index in [9.17, 15) is 9.59 Å². The Labute approximate surface area is 152 Å². The minimum atomic E-state index is -0.943. The average Bonchev–Trinajstić information content (AvgIpc) is 2.67. The Kier molecular flexibility index (Phi) is 6.79. The first kappa shape index (κ1) is 19.1. The van der Waals surface area contributed by atoms with Crippen LogP contribution in [0.1, 0.15) is 17.3 Å². The predicted molar refractivity (Wildman–Crippen MR) is 98.6 cm³/mol. The van der Waals surface area contributed by atoms with Gasteiger partial charge in [-0.15, -0.1) is 0 Å². The fraction of sp³-hybridized carbons (Fsp3) is 0.200. The van der Waals surface area contributed by atoms with E-state index < -0.39 is 18.0 Å². The number of esters is 1. The summed E-state index contributed by atoms with van der Waals surface area (Å²) < 4.78 is 15.6. The van der Waals surface area contributed by atoms with Crippen molar-refractivity contribution in [1.29, 1.82) is 0 Å². The van der Waals surface area contributed by atoms with Crippen LogP contribution in [0.4, 0.5) is 5.69 Å². The molecule has 136 valence electrons. The summed E-state index contributed by atoms with van der Waals surface area (Å²) in [6.07, 6.45) is 0.687. The van der Waals surface area contributed by atoms with Crippen molar-refractivity contribution >= 4 is 17.6 Å². The molecule has 2 aromatic carbocycles. The van der Waals surface area contributed by atoms with Crippen molar-refractivity contribution in [3.8, 4) is 11.5 Å². The summed E-state index contributed by atoms with van der Waals surface area (Å²) in [5, 5.41) is 2.68. The van der Waals surface area contributed by atoms with Gasteiger partial charge in [-0.25, -0.2) is 4.79 Å². The number of anilines is 1. The second-order valence-corrected chi connectivity index (χ2v) is 5.39. The van der Waals surface area contributed by atoms with Gasteiger partial charge in [0, 0.05) is 5.69 Å². The molecule has 0 aliphatic heterocycles. The van der Waals surface area contributed by atoms with E-state index in [2.05, 4.69) is 11.9 Å². The topological polar surface area (TPSA) is 73.9 Å². The molecule has 2 aromatic rings. The van der Waals surface area contributed by atoms with Crippen molar-refractivity contribution in [1.82, 2.24) is 0 Å². The Morgan fingerprint density at radius 3 is 2.27 bits per heavy atom. The maximum atomic E-state index is 12.2. The molecular formula is C20H21NO5. The average molecular weight is 355 g/mol. The third-order valence-electron chi connectivity index (χ3n) is 3.47. The van der Waals surface area contributed by atoms with Crippen LogP contribution in [0, 0.1) is 0 Å². The van der Waals surface area contributed by atoms with Crippen molar-refractivity contribution in [3.63, 3.8) is 0 Å². The fourth-order valence-corrected chi connectivity index (χ4v) is 2.04. The zero-order chi connectivity index (χ0) is 18.9. The Hall–Kier alpha value is -3.28. The minimum absolute atomic E-state index is 0.333. The molecular weight excluding hydrogens is 334 g/mol. The van der Waals surface area contributed by atoms with Crippen LogP contribution in [0.2, 0.25) is 0 Å². The molecule has 1 N–H and O–H groups in total. The van der Waals surface area contributed by atoms with Gasteiger partial charge >= 0.3 is 5.97 Å². The molecule has 0 saturated carbocycles. The van der Waals surface area contributed by atoms with Crippen molar-refractivity contribution in [2.45, 2.75) is 13.0 Å². The maximum absolute atomic E-state index is 12.2. The Bertz CT molecular complexity index is 753. The highest BCUT2D eigenvalue weighted by molar-refractivity contribution is 5.97. The molecule has 0 bridgehead atoms. The summed E-state index contributed by atoms with van der Waals surface area (Å²) in [5.74, 6) is 0.293. The van der Waals surface area contributed by atoms with E-state index in [1.165, 1.54) is 6.92 Å². The molecule has 6 nitrogen and oxygen atoms in total. The predicted octanol–water partition coefficient (Wildman–Crippen LogP) is 3.44. The second kappa shape index (κ2) is 9.27. The number of amides is 1. The molecule has 0 aliphatic rings. The standard InChI is InChI=1S/C20H21NO5/c1-4-13-25-18-9-5-15(6-10-18)20(23)26-14(2)19(22)21-16-7-11-17(24-3)12-8-16/h4-12,14H,1,13H2,2-3H3,(H,21,22). The molecule has 0 heterocycles. The summed E-state index contributed by atoms with van der Waals surface area (Å²) in [5.41, 5.74) is 0.919. The van der Waals surface area contributed by atoms with E-state index in [1.54, 1.807) is 61.7 Å². The molecule has 1 atom stereocenters. The van der Waals surface area contributed by atoms with Crippen LogP contribution in [0.15, 0.2) is 61.2 Å². The van der Waals surface area contributed by atoms with E-state index in [0.717, 1.165) is 0 Å². The Morgan fingerprint density at radius 2 is 1.69 bits per heavy atom. The molecule has 26 heavy (non-hydrogen) atoms. The molecule has 0 fully saturated rings. The van der Waals surface area contributed by atoms with Crippen LogP contribution in [-0.2, 0) is 9.53 Å². The normalized spacial score (nSPS) is 11.2. The van der Waals surface area contributed by atoms with E-state index in [1.807, 2.05) is 0 Å². The van der Waals surface area contributed by atoms with Gasteiger partial charge in [-0.1, -0.05) is 12.7 Å². The smallest absolute Gasteiger partial charge is 0.338 e. The van der Waals surface area contributed by atoms with Crippen molar-refractivity contribution in [2.75, 3.05) is 19.0 Å². The highest BCUT2D eigenvalue weighted by Crippen LogP contribution is 2.16. The third-order valence-corrected chi connectivity index (χ3v) is 3.47. The first-order valence-corrected chi connectivity index (χ1v) is 8.03. The highest BCUT2D eigenvalue weighted by Gasteiger charge is 2.19. The van der Waals surface area contributed by atoms with Gasteiger partial charge in [0.1, 0.15) is 18.1 Å². The van der Waals surface area contributed by atoms with Crippen LogP contribution >= 0.6 is 0 Å². The van der Waals surface area contributed by atoms with E-state index in [4.69, 9.17) is 14.2 Å². The van der Waals surface area contributed by atoms with Gasteiger partial charge in [-0.05, 0) is 55.5 Å². The minimum Gasteiger partial charge on any atom is -0.497 e. The summed E-state index contributed by atoms with van der Waals surface area (Å²) >= 11 is 0. The van der Waals surface area contributed by atoms with E-state index >= 15 is 0 Å². The van der Waals surface area contributed by atoms with Crippen LogP contribution in [0.5, 0.6) is 11.5 Å². The molecule has 0 aromatic heterocycles. The van der Waals surface area contributed by atoms with Crippen LogP contribution in [0.3, 0.4) is 0 Å². The molecule has 6 heteroatoms. The number of carbonyl (C=O) groups is 2. The lowest BCUT2D eigenvalue weighted by atomic mass is 10.2. The molecule has 0 saturated heterocycles. The van der Waals surface area contributed by atoms with Crippen LogP contribution < -0.4 is 14.8 Å². The first-order valence-electron chi connectivity index (χ1n) is 8.03. The lowest BCUT2D eigenvalue weighted by molar-refractivity contribution is -0.123. The molecule has 0 spiro atoms. The van der Waals surface area contributed by atoms with Crippen molar-refractivity contribution < 1.29 is 23.8 Å². The largest absolute Gasteiger partial charge is 0.497 e. The van der Waals surface area contributed by atoms with Crippen LogP contribution in [0.25, 0.3) is 0 Å². The summed E-state index contributed by atoms with van der Waals surface area (Å²) in [6.45, 7) is 5.46. The summed E-state index contributed by atoms with van der Waals surface area (Å²) in [6, 6.07) is 13.3. The van der Waals surface area contributed by atoms with Crippen molar-refractivity contribution in [2.24, 2.45) is 0 Å². The monoisotopic (exact) mass is 355 g/mol. The van der Waals surface area contributed by atoms with E-state index in [0.29, 0.717) is 29.4 Å². The summed E-state index contributed by atoms with van der Waals surface area (Å²) in [7, 11) is 1.56. The third kappa shape index (κ3) is 5.37. The number of rotatable bonds is 8. The summed E-state index contributed by atoms with van der Waals surface area (Å²) in [4.78, 5) is 24.3. The number of ether oxygens (including phenoxy) is 3. The van der Waals surface area contributed by atoms with Gasteiger partial charge in [0.2, 0.25) is 0 Å². The van der Waals surface area contributed by atoms with Gasteiger partial charge in [0.05, 0.1) is 12.7 Å². The zero-order valence-corrected chi connectivity index (χ0v) is 14.7. The molecule has 0 aliphatic carbocycles. The number of hydrogen-bond acceptors (Lipinski definition) is 5. The van der Waals surface area contributed by atoms with E-state index in [-0.39, 0.29) is 0 Å². The van der Waals surface area contributed by atoms with Crippen molar-refractivity contribution in [3.05, 3.63) is 66.7 Å². The van der Waals surface area contributed by atoms with Gasteiger partial charge in [0.15, 0.2) is 6.10 Å². The molecule has 2 rings (SSSR count). The highest BCUT2D eigenvalue weighted by atomic mass is 16.5. The fourth-order valence-electron chi connectivity index (χ4n) is 2.04.